The molecule has 10 rings (SSSR count). The summed E-state index contributed by atoms with van der Waals surface area (Å²) in [4.78, 5) is 15.7. The van der Waals surface area contributed by atoms with Crippen molar-refractivity contribution in [2.24, 2.45) is 0 Å². The Morgan fingerprint density at radius 2 is 0.922 bits per heavy atom. The summed E-state index contributed by atoms with van der Waals surface area (Å²) >= 11 is 0. The average Bonchev–Trinajstić information content (AvgIpc) is 3.56. The van der Waals surface area contributed by atoms with Crippen LogP contribution in [0.15, 0.2) is 182 Å². The number of fused-ring (bicyclic) bond motifs is 6. The average molecular weight is 651 g/mol. The van der Waals surface area contributed by atoms with E-state index in [2.05, 4.69) is 174 Å². The Bertz CT molecular complexity index is 2840. The van der Waals surface area contributed by atoms with Crippen molar-refractivity contribution < 1.29 is 0 Å². The van der Waals surface area contributed by atoms with E-state index in [0.717, 1.165) is 77.7 Å². The fraction of sp³-hybridized carbons (Fsp3) is 0. The maximum Gasteiger partial charge on any atom is 0.161 e. The summed E-state index contributed by atoms with van der Waals surface area (Å²) in [5.74, 6) is 0.692. The molecule has 0 aliphatic rings. The van der Waals surface area contributed by atoms with E-state index in [1.54, 1.807) is 0 Å². The normalized spacial score (nSPS) is 11.5. The van der Waals surface area contributed by atoms with Gasteiger partial charge in [-0.2, -0.15) is 0 Å². The molecule has 0 bridgehead atoms. The lowest BCUT2D eigenvalue weighted by molar-refractivity contribution is 1.17. The topological polar surface area (TPSA) is 43.6 Å². The van der Waals surface area contributed by atoms with Gasteiger partial charge in [0.1, 0.15) is 0 Å². The molecular weight excluding hydrogens is 621 g/mol. The van der Waals surface area contributed by atoms with E-state index < -0.39 is 0 Å². The first-order chi connectivity index (χ1) is 25.3. The SMILES string of the molecule is c1ccc(-c2cc(-c3ccccc3)nc(-c3ccc(-n4c5ccccc5c5c6ccccc6nc(-c6ccccc6)c54)c4ccccc34)n2)cc1. The molecule has 51 heavy (non-hydrogen) atoms. The largest absolute Gasteiger partial charge is 0.306 e. The van der Waals surface area contributed by atoms with Crippen LogP contribution in [0.25, 0.3) is 94.3 Å². The fourth-order valence-corrected chi connectivity index (χ4v) is 7.49. The van der Waals surface area contributed by atoms with Gasteiger partial charge in [-0.3, -0.25) is 0 Å². The summed E-state index contributed by atoms with van der Waals surface area (Å²) < 4.78 is 2.41. The summed E-state index contributed by atoms with van der Waals surface area (Å²) in [7, 11) is 0. The second-order valence-electron chi connectivity index (χ2n) is 12.8. The van der Waals surface area contributed by atoms with Crippen LogP contribution in [0.1, 0.15) is 0 Å². The molecule has 0 amide bonds. The van der Waals surface area contributed by atoms with Crippen LogP contribution in [-0.2, 0) is 0 Å². The van der Waals surface area contributed by atoms with Crippen LogP contribution in [0.2, 0.25) is 0 Å². The van der Waals surface area contributed by atoms with Gasteiger partial charge in [-0.05, 0) is 35.7 Å². The zero-order valence-electron chi connectivity index (χ0n) is 27.6. The number of pyridine rings is 1. The molecule has 0 radical (unpaired) electrons. The zero-order chi connectivity index (χ0) is 33.7. The van der Waals surface area contributed by atoms with Gasteiger partial charge < -0.3 is 4.57 Å². The zero-order valence-corrected chi connectivity index (χ0v) is 27.6. The Balaban J connectivity index is 1.28. The summed E-state index contributed by atoms with van der Waals surface area (Å²) in [5.41, 5.74) is 11.2. The molecule has 7 aromatic carbocycles. The Morgan fingerprint density at radius 1 is 0.392 bits per heavy atom. The molecule has 0 saturated carbocycles. The predicted octanol–water partition coefficient (Wildman–Crippen LogP) is 11.9. The molecule has 4 nitrogen and oxygen atoms in total. The number of benzene rings is 7. The van der Waals surface area contributed by atoms with Crippen LogP contribution in [0.3, 0.4) is 0 Å². The molecule has 238 valence electrons. The molecule has 0 saturated heterocycles. The van der Waals surface area contributed by atoms with E-state index in [9.17, 15) is 0 Å². The van der Waals surface area contributed by atoms with Crippen molar-refractivity contribution in [1.82, 2.24) is 19.5 Å². The third-order valence-corrected chi connectivity index (χ3v) is 9.80. The number of para-hydroxylation sites is 2. The van der Waals surface area contributed by atoms with E-state index in [1.807, 2.05) is 12.1 Å². The monoisotopic (exact) mass is 650 g/mol. The standard InChI is InChI=1S/C47H30N4/c1-4-16-31(17-5-1)40-30-41(32-18-6-2-7-19-32)50-47(49-40)36-28-29-43(35-23-11-10-22-34(35)36)51-42-27-15-13-25-38(42)44-37-24-12-14-26-39(37)48-45(46(44)51)33-20-8-3-9-21-33/h1-30H. The van der Waals surface area contributed by atoms with E-state index in [1.165, 1.54) is 10.8 Å². The molecule has 0 aliphatic carbocycles. The van der Waals surface area contributed by atoms with Crippen molar-refractivity contribution in [3.63, 3.8) is 0 Å². The second-order valence-corrected chi connectivity index (χ2v) is 12.8. The van der Waals surface area contributed by atoms with Gasteiger partial charge >= 0.3 is 0 Å². The van der Waals surface area contributed by atoms with Gasteiger partial charge in [0.05, 0.1) is 39.3 Å². The molecule has 3 aromatic heterocycles. The minimum Gasteiger partial charge on any atom is -0.306 e. The first-order valence-electron chi connectivity index (χ1n) is 17.2. The quantitative estimate of drug-likeness (QED) is 0.186. The Morgan fingerprint density at radius 3 is 1.59 bits per heavy atom. The summed E-state index contributed by atoms with van der Waals surface area (Å²) in [6.45, 7) is 0. The van der Waals surface area contributed by atoms with Crippen molar-refractivity contribution in [2.45, 2.75) is 0 Å². The van der Waals surface area contributed by atoms with Crippen molar-refractivity contribution in [3.05, 3.63) is 182 Å². The van der Waals surface area contributed by atoms with E-state index >= 15 is 0 Å². The first kappa shape index (κ1) is 29.0. The van der Waals surface area contributed by atoms with Crippen LogP contribution in [0.5, 0.6) is 0 Å². The molecule has 0 atom stereocenters. The molecule has 0 N–H and O–H groups in total. The highest BCUT2D eigenvalue weighted by molar-refractivity contribution is 6.24. The number of hydrogen-bond acceptors (Lipinski definition) is 3. The van der Waals surface area contributed by atoms with Gasteiger partial charge in [-0.1, -0.05) is 152 Å². The second kappa shape index (κ2) is 11.9. The highest BCUT2D eigenvalue weighted by Crippen LogP contribution is 2.43. The summed E-state index contributed by atoms with van der Waals surface area (Å²) in [5, 5.41) is 5.74. The maximum atomic E-state index is 5.34. The molecule has 3 heterocycles. The Hall–Kier alpha value is -6.91. The number of nitrogens with zero attached hydrogens (tertiary/aromatic N) is 4. The van der Waals surface area contributed by atoms with Crippen molar-refractivity contribution in [2.75, 3.05) is 0 Å². The third-order valence-electron chi connectivity index (χ3n) is 9.80. The van der Waals surface area contributed by atoms with Crippen LogP contribution < -0.4 is 0 Å². The number of rotatable bonds is 5. The molecule has 0 fully saturated rings. The van der Waals surface area contributed by atoms with Gasteiger partial charge in [0, 0.05) is 43.8 Å². The van der Waals surface area contributed by atoms with Crippen molar-refractivity contribution >= 4 is 43.5 Å². The molecule has 10 aromatic rings. The van der Waals surface area contributed by atoms with E-state index in [4.69, 9.17) is 15.0 Å². The first-order valence-corrected chi connectivity index (χ1v) is 17.2. The lowest BCUT2D eigenvalue weighted by Crippen LogP contribution is -2.01. The van der Waals surface area contributed by atoms with Crippen LogP contribution in [0.4, 0.5) is 0 Å². The minimum atomic E-state index is 0.692. The molecule has 0 spiro atoms. The molecule has 0 aliphatic heterocycles. The van der Waals surface area contributed by atoms with Gasteiger partial charge in [0.15, 0.2) is 5.82 Å². The molecular formula is C47H30N4. The molecule has 0 unspecified atom stereocenters. The van der Waals surface area contributed by atoms with Crippen LogP contribution in [0, 0.1) is 0 Å². The van der Waals surface area contributed by atoms with Gasteiger partial charge in [0.2, 0.25) is 0 Å². The maximum absolute atomic E-state index is 5.34. The predicted molar refractivity (Wildman–Crippen MR) is 211 cm³/mol. The van der Waals surface area contributed by atoms with Gasteiger partial charge in [0.25, 0.3) is 0 Å². The van der Waals surface area contributed by atoms with Gasteiger partial charge in [-0.25, -0.2) is 15.0 Å². The lowest BCUT2D eigenvalue weighted by Gasteiger charge is -2.17. The van der Waals surface area contributed by atoms with Crippen LogP contribution in [-0.4, -0.2) is 19.5 Å². The van der Waals surface area contributed by atoms with Crippen LogP contribution >= 0.6 is 0 Å². The third kappa shape index (κ3) is 4.80. The minimum absolute atomic E-state index is 0.692. The number of hydrogen-bond donors (Lipinski definition) is 0. The van der Waals surface area contributed by atoms with E-state index in [0.29, 0.717) is 5.82 Å². The number of aromatic nitrogens is 4. The highest BCUT2D eigenvalue weighted by atomic mass is 15.0. The van der Waals surface area contributed by atoms with E-state index in [-0.39, 0.29) is 0 Å². The smallest absolute Gasteiger partial charge is 0.161 e. The Labute approximate surface area is 295 Å². The van der Waals surface area contributed by atoms with Crippen molar-refractivity contribution in [3.8, 4) is 50.8 Å². The highest BCUT2D eigenvalue weighted by Gasteiger charge is 2.22. The van der Waals surface area contributed by atoms with Crippen molar-refractivity contribution in [1.29, 1.82) is 0 Å². The fourth-order valence-electron chi connectivity index (χ4n) is 7.49. The summed E-state index contributed by atoms with van der Waals surface area (Å²) in [6, 6.07) is 63.6. The Kier molecular flexibility index (Phi) is 6.78. The lowest BCUT2D eigenvalue weighted by atomic mass is 10.0. The molecule has 4 heteroatoms. The summed E-state index contributed by atoms with van der Waals surface area (Å²) in [6.07, 6.45) is 0. The van der Waals surface area contributed by atoms with Gasteiger partial charge in [-0.15, -0.1) is 0 Å².